The van der Waals surface area contributed by atoms with E-state index in [-0.39, 0.29) is 5.41 Å². The van der Waals surface area contributed by atoms with Gasteiger partial charge in [0.25, 0.3) is 0 Å². The van der Waals surface area contributed by atoms with E-state index in [1.807, 2.05) is 0 Å². The Bertz CT molecular complexity index is 230. The predicted octanol–water partition coefficient (Wildman–Crippen LogP) is 3.87. The number of allylic oxidation sites excluding steroid dienone is 6. The van der Waals surface area contributed by atoms with E-state index in [2.05, 4.69) is 51.2 Å². The van der Waals surface area contributed by atoms with Crippen molar-refractivity contribution in [2.24, 2.45) is 5.41 Å². The lowest BCUT2D eigenvalue weighted by Gasteiger charge is -2.23. The van der Waals surface area contributed by atoms with Gasteiger partial charge in [-0.25, -0.2) is 0 Å². The Morgan fingerprint density at radius 3 is 2.83 bits per heavy atom. The smallest absolute Gasteiger partial charge is 0.00705 e. The van der Waals surface area contributed by atoms with Gasteiger partial charge in [0.2, 0.25) is 0 Å². The summed E-state index contributed by atoms with van der Waals surface area (Å²) in [6.07, 6.45) is 13.7. The lowest BCUT2D eigenvalue weighted by molar-refractivity contribution is 0.552. The molecule has 0 heteroatoms. The molecule has 1 atom stereocenters. The summed E-state index contributed by atoms with van der Waals surface area (Å²) in [5, 5.41) is 0. The summed E-state index contributed by atoms with van der Waals surface area (Å²) < 4.78 is 0. The molecule has 1 rings (SSSR count). The van der Waals surface area contributed by atoms with Gasteiger partial charge in [0, 0.05) is 5.41 Å². The summed E-state index contributed by atoms with van der Waals surface area (Å²) >= 11 is 0. The Balaban J connectivity index is 2.65. The molecular formula is C12H18. The maximum Gasteiger partial charge on any atom is 0.00705 e. The van der Waals surface area contributed by atoms with E-state index in [0.717, 1.165) is 12.8 Å². The van der Waals surface area contributed by atoms with Crippen LogP contribution in [0.5, 0.6) is 0 Å². The summed E-state index contributed by atoms with van der Waals surface area (Å²) in [7, 11) is 0. The molecule has 1 unspecified atom stereocenters. The Labute approximate surface area is 75.7 Å². The zero-order chi connectivity index (χ0) is 9.03. The largest absolute Gasteiger partial charge is 0.0879 e. The van der Waals surface area contributed by atoms with Crippen LogP contribution in [0.3, 0.4) is 0 Å². The van der Waals surface area contributed by atoms with E-state index in [4.69, 9.17) is 0 Å². The second kappa shape index (κ2) is 3.75. The first kappa shape index (κ1) is 9.31. The van der Waals surface area contributed by atoms with E-state index in [1.54, 1.807) is 0 Å². The van der Waals surface area contributed by atoms with Gasteiger partial charge in [0.15, 0.2) is 0 Å². The molecule has 0 heterocycles. The Morgan fingerprint density at radius 1 is 1.58 bits per heavy atom. The van der Waals surface area contributed by atoms with Gasteiger partial charge >= 0.3 is 0 Å². The van der Waals surface area contributed by atoms with Crippen LogP contribution in [0.2, 0.25) is 0 Å². The molecule has 0 aliphatic heterocycles. The van der Waals surface area contributed by atoms with E-state index in [1.165, 1.54) is 5.57 Å². The van der Waals surface area contributed by atoms with Gasteiger partial charge < -0.3 is 0 Å². The van der Waals surface area contributed by atoms with Crippen LogP contribution < -0.4 is 0 Å². The molecule has 0 nitrogen and oxygen atoms in total. The standard InChI is InChI=1S/C12H18/c1-4-5-8-12(3)9-6-11(2)7-10-12/h5-9H,4,10H2,1-3H3. The molecule has 0 aromatic carbocycles. The summed E-state index contributed by atoms with van der Waals surface area (Å²) in [6.45, 7) is 6.60. The molecule has 0 fully saturated rings. The second-order valence-electron chi connectivity index (χ2n) is 3.80. The molecule has 0 aromatic heterocycles. The molecule has 1 aliphatic rings. The van der Waals surface area contributed by atoms with Gasteiger partial charge in [-0.1, -0.05) is 49.8 Å². The van der Waals surface area contributed by atoms with Crippen LogP contribution in [0.4, 0.5) is 0 Å². The molecule has 66 valence electrons. The normalized spacial score (nSPS) is 29.4. The van der Waals surface area contributed by atoms with Crippen LogP contribution in [0, 0.1) is 5.41 Å². The highest BCUT2D eigenvalue weighted by molar-refractivity contribution is 5.27. The zero-order valence-electron chi connectivity index (χ0n) is 8.30. The van der Waals surface area contributed by atoms with Crippen LogP contribution in [-0.2, 0) is 0 Å². The summed E-state index contributed by atoms with van der Waals surface area (Å²) in [5.41, 5.74) is 1.66. The zero-order valence-corrected chi connectivity index (χ0v) is 8.30. The van der Waals surface area contributed by atoms with Gasteiger partial charge in [-0.3, -0.25) is 0 Å². The summed E-state index contributed by atoms with van der Waals surface area (Å²) in [4.78, 5) is 0. The molecule has 1 aliphatic carbocycles. The number of hydrogen-bond donors (Lipinski definition) is 0. The SMILES string of the molecule is CCC=CC1(C)C=CC(C)=CC1. The van der Waals surface area contributed by atoms with Crippen molar-refractivity contribution in [2.75, 3.05) is 0 Å². The maximum absolute atomic E-state index is 2.31. The van der Waals surface area contributed by atoms with Crippen molar-refractivity contribution in [3.8, 4) is 0 Å². The monoisotopic (exact) mass is 162 g/mol. The van der Waals surface area contributed by atoms with E-state index in [9.17, 15) is 0 Å². The topological polar surface area (TPSA) is 0 Å². The Kier molecular flexibility index (Phi) is 2.91. The number of hydrogen-bond acceptors (Lipinski definition) is 0. The lowest BCUT2D eigenvalue weighted by atomic mass is 9.82. The highest BCUT2D eigenvalue weighted by Crippen LogP contribution is 2.30. The molecular weight excluding hydrogens is 144 g/mol. The minimum atomic E-state index is 0.273. The summed E-state index contributed by atoms with van der Waals surface area (Å²) in [5.74, 6) is 0. The van der Waals surface area contributed by atoms with Crippen LogP contribution in [0.1, 0.15) is 33.6 Å². The molecule has 0 radical (unpaired) electrons. The second-order valence-corrected chi connectivity index (χ2v) is 3.80. The van der Waals surface area contributed by atoms with Crippen molar-refractivity contribution in [1.82, 2.24) is 0 Å². The molecule has 0 spiro atoms. The first-order valence-corrected chi connectivity index (χ1v) is 4.70. The van der Waals surface area contributed by atoms with Crippen LogP contribution in [-0.4, -0.2) is 0 Å². The minimum absolute atomic E-state index is 0.273. The fourth-order valence-corrected chi connectivity index (χ4v) is 1.35. The Hall–Kier alpha value is -0.780. The molecule has 12 heavy (non-hydrogen) atoms. The van der Waals surface area contributed by atoms with Crippen molar-refractivity contribution in [3.05, 3.63) is 36.0 Å². The minimum Gasteiger partial charge on any atom is -0.0879 e. The van der Waals surface area contributed by atoms with Crippen molar-refractivity contribution in [3.63, 3.8) is 0 Å². The van der Waals surface area contributed by atoms with Gasteiger partial charge in [-0.15, -0.1) is 0 Å². The summed E-state index contributed by atoms with van der Waals surface area (Å²) in [6, 6.07) is 0. The lowest BCUT2D eigenvalue weighted by Crippen LogP contribution is -2.10. The average Bonchev–Trinajstić information content (AvgIpc) is 2.08. The third-order valence-corrected chi connectivity index (χ3v) is 2.33. The fraction of sp³-hybridized carbons (Fsp3) is 0.500. The number of rotatable bonds is 2. The van der Waals surface area contributed by atoms with Crippen molar-refractivity contribution in [2.45, 2.75) is 33.6 Å². The van der Waals surface area contributed by atoms with Crippen molar-refractivity contribution < 1.29 is 0 Å². The van der Waals surface area contributed by atoms with Crippen LogP contribution in [0.15, 0.2) is 36.0 Å². The van der Waals surface area contributed by atoms with E-state index in [0.29, 0.717) is 0 Å². The highest BCUT2D eigenvalue weighted by atomic mass is 14.2. The van der Waals surface area contributed by atoms with Gasteiger partial charge in [-0.2, -0.15) is 0 Å². The fourth-order valence-electron chi connectivity index (χ4n) is 1.35. The highest BCUT2D eigenvalue weighted by Gasteiger charge is 2.17. The molecule has 0 N–H and O–H groups in total. The van der Waals surface area contributed by atoms with E-state index >= 15 is 0 Å². The molecule has 0 amide bonds. The predicted molar refractivity (Wildman–Crippen MR) is 55.1 cm³/mol. The Morgan fingerprint density at radius 2 is 2.33 bits per heavy atom. The average molecular weight is 162 g/mol. The third-order valence-electron chi connectivity index (χ3n) is 2.33. The van der Waals surface area contributed by atoms with Crippen LogP contribution >= 0.6 is 0 Å². The van der Waals surface area contributed by atoms with Crippen molar-refractivity contribution >= 4 is 0 Å². The first-order chi connectivity index (χ1) is 5.66. The van der Waals surface area contributed by atoms with Crippen molar-refractivity contribution in [1.29, 1.82) is 0 Å². The maximum atomic E-state index is 2.31. The van der Waals surface area contributed by atoms with E-state index < -0.39 is 0 Å². The van der Waals surface area contributed by atoms with Gasteiger partial charge in [0.1, 0.15) is 0 Å². The first-order valence-electron chi connectivity index (χ1n) is 4.70. The van der Waals surface area contributed by atoms with Crippen LogP contribution in [0.25, 0.3) is 0 Å². The molecule has 0 bridgehead atoms. The quantitative estimate of drug-likeness (QED) is 0.541. The van der Waals surface area contributed by atoms with Gasteiger partial charge in [-0.05, 0) is 19.8 Å². The molecule has 0 aromatic rings. The third kappa shape index (κ3) is 2.37. The molecule has 0 saturated carbocycles. The molecule has 0 saturated heterocycles. The van der Waals surface area contributed by atoms with Gasteiger partial charge in [0.05, 0.1) is 0 Å².